The maximum Gasteiger partial charge on any atom is 0.253 e. The van der Waals surface area contributed by atoms with Gasteiger partial charge in [-0.05, 0) is 50.9 Å². The highest BCUT2D eigenvalue weighted by molar-refractivity contribution is 7.13. The standard InChI is InChI=1S/C19H25N3OS/c1-3-20-12-15-7-9-22(10-8-15)19(23)17-6-4-5-16(11-17)18-21-14(2)13-24-18/h4-6,11,13,15,20H,3,7-10,12H2,1-2H3. The number of aryl methyl sites for hydroxylation is 1. The van der Waals surface area contributed by atoms with Gasteiger partial charge in [-0.3, -0.25) is 4.79 Å². The second-order valence-corrected chi connectivity index (χ2v) is 7.28. The van der Waals surface area contributed by atoms with Crippen LogP contribution in [0.25, 0.3) is 10.6 Å². The highest BCUT2D eigenvalue weighted by Gasteiger charge is 2.23. The van der Waals surface area contributed by atoms with E-state index in [1.807, 2.05) is 41.5 Å². The summed E-state index contributed by atoms with van der Waals surface area (Å²) in [5.74, 6) is 0.839. The molecule has 0 spiro atoms. The van der Waals surface area contributed by atoms with Crippen molar-refractivity contribution in [2.24, 2.45) is 5.92 Å². The fourth-order valence-corrected chi connectivity index (χ4v) is 3.94. The van der Waals surface area contributed by atoms with Crippen molar-refractivity contribution in [1.82, 2.24) is 15.2 Å². The first kappa shape index (κ1) is 17.1. The Morgan fingerprint density at radius 1 is 1.38 bits per heavy atom. The van der Waals surface area contributed by atoms with Gasteiger partial charge in [0.1, 0.15) is 5.01 Å². The van der Waals surface area contributed by atoms with Gasteiger partial charge in [-0.2, -0.15) is 0 Å². The molecule has 1 aliphatic rings. The van der Waals surface area contributed by atoms with E-state index in [4.69, 9.17) is 0 Å². The van der Waals surface area contributed by atoms with Gasteiger partial charge < -0.3 is 10.2 Å². The van der Waals surface area contributed by atoms with E-state index in [2.05, 4.69) is 17.2 Å². The fraction of sp³-hybridized carbons (Fsp3) is 0.474. The van der Waals surface area contributed by atoms with Crippen LogP contribution in [-0.4, -0.2) is 42.0 Å². The van der Waals surface area contributed by atoms with Crippen molar-refractivity contribution < 1.29 is 4.79 Å². The molecule has 5 heteroatoms. The van der Waals surface area contributed by atoms with Crippen LogP contribution in [0.15, 0.2) is 29.6 Å². The number of carbonyl (C=O) groups excluding carboxylic acids is 1. The van der Waals surface area contributed by atoms with Crippen molar-refractivity contribution in [1.29, 1.82) is 0 Å². The van der Waals surface area contributed by atoms with Gasteiger partial charge in [0.15, 0.2) is 0 Å². The number of hydrogen-bond acceptors (Lipinski definition) is 4. The lowest BCUT2D eigenvalue weighted by Gasteiger charge is -2.32. The minimum Gasteiger partial charge on any atom is -0.339 e. The van der Waals surface area contributed by atoms with Crippen molar-refractivity contribution >= 4 is 17.2 Å². The Morgan fingerprint density at radius 3 is 2.83 bits per heavy atom. The lowest BCUT2D eigenvalue weighted by Crippen LogP contribution is -2.40. The van der Waals surface area contributed by atoms with Crippen LogP contribution in [0.3, 0.4) is 0 Å². The third kappa shape index (κ3) is 4.02. The first-order valence-electron chi connectivity index (χ1n) is 8.70. The first-order valence-corrected chi connectivity index (χ1v) is 9.58. The molecule has 128 valence electrons. The van der Waals surface area contributed by atoms with Crippen LogP contribution in [0.2, 0.25) is 0 Å². The molecule has 1 saturated heterocycles. The van der Waals surface area contributed by atoms with Crippen molar-refractivity contribution in [3.8, 4) is 10.6 Å². The molecule has 0 saturated carbocycles. The van der Waals surface area contributed by atoms with E-state index in [9.17, 15) is 4.79 Å². The molecule has 2 aromatic rings. The SMILES string of the molecule is CCNCC1CCN(C(=O)c2cccc(-c3nc(C)cs3)c2)CC1. The van der Waals surface area contributed by atoms with E-state index in [-0.39, 0.29) is 5.91 Å². The van der Waals surface area contributed by atoms with E-state index in [1.54, 1.807) is 11.3 Å². The van der Waals surface area contributed by atoms with E-state index in [0.717, 1.165) is 60.8 Å². The van der Waals surface area contributed by atoms with Gasteiger partial charge >= 0.3 is 0 Å². The molecule has 1 aliphatic heterocycles. The molecule has 3 rings (SSSR count). The number of rotatable bonds is 5. The Hall–Kier alpha value is -1.72. The second-order valence-electron chi connectivity index (χ2n) is 6.42. The van der Waals surface area contributed by atoms with Crippen molar-refractivity contribution in [3.05, 3.63) is 40.9 Å². The zero-order chi connectivity index (χ0) is 16.9. The molecule has 1 aromatic heterocycles. The number of carbonyl (C=O) groups is 1. The summed E-state index contributed by atoms with van der Waals surface area (Å²) in [7, 11) is 0. The molecule has 4 nitrogen and oxygen atoms in total. The minimum atomic E-state index is 0.145. The van der Waals surface area contributed by atoms with Crippen molar-refractivity contribution in [2.75, 3.05) is 26.2 Å². The monoisotopic (exact) mass is 343 g/mol. The normalized spacial score (nSPS) is 15.7. The van der Waals surface area contributed by atoms with Crippen LogP contribution in [0.1, 0.15) is 35.8 Å². The summed E-state index contributed by atoms with van der Waals surface area (Å²) >= 11 is 1.62. The third-order valence-corrected chi connectivity index (χ3v) is 5.57. The van der Waals surface area contributed by atoms with Gasteiger partial charge in [-0.1, -0.05) is 19.1 Å². The van der Waals surface area contributed by atoms with Crippen LogP contribution < -0.4 is 5.32 Å². The molecule has 1 N–H and O–H groups in total. The highest BCUT2D eigenvalue weighted by Crippen LogP contribution is 2.25. The molecule has 0 bridgehead atoms. The zero-order valence-electron chi connectivity index (χ0n) is 14.4. The van der Waals surface area contributed by atoms with Gasteiger partial charge in [0.2, 0.25) is 0 Å². The summed E-state index contributed by atoms with van der Waals surface area (Å²) in [4.78, 5) is 19.3. The number of piperidine rings is 1. The summed E-state index contributed by atoms with van der Waals surface area (Å²) in [6.07, 6.45) is 2.17. The largest absolute Gasteiger partial charge is 0.339 e. The van der Waals surface area contributed by atoms with Crippen LogP contribution >= 0.6 is 11.3 Å². The molecular weight excluding hydrogens is 318 g/mol. The van der Waals surface area contributed by atoms with Gasteiger partial charge in [0.25, 0.3) is 5.91 Å². The van der Waals surface area contributed by atoms with Gasteiger partial charge in [0.05, 0.1) is 0 Å². The van der Waals surface area contributed by atoms with Gasteiger partial charge in [-0.15, -0.1) is 11.3 Å². The molecule has 0 aliphatic carbocycles. The first-order chi connectivity index (χ1) is 11.7. The maximum atomic E-state index is 12.8. The average Bonchev–Trinajstić information content (AvgIpc) is 3.06. The number of nitrogens with one attached hydrogen (secondary N) is 1. The van der Waals surface area contributed by atoms with Crippen molar-refractivity contribution in [2.45, 2.75) is 26.7 Å². The minimum absolute atomic E-state index is 0.145. The Kier molecular flexibility index (Phi) is 5.63. The second kappa shape index (κ2) is 7.90. The summed E-state index contributed by atoms with van der Waals surface area (Å²) in [5, 5.41) is 6.43. The molecule has 0 atom stereocenters. The number of amides is 1. The Labute approximate surface area is 147 Å². The summed E-state index contributed by atoms with van der Waals surface area (Å²) in [6, 6.07) is 7.87. The molecule has 2 heterocycles. The van der Waals surface area contributed by atoms with E-state index in [1.165, 1.54) is 0 Å². The zero-order valence-corrected chi connectivity index (χ0v) is 15.2. The third-order valence-electron chi connectivity index (χ3n) is 4.56. The number of likely N-dealkylation sites (tertiary alicyclic amines) is 1. The molecule has 1 fully saturated rings. The molecule has 0 unspecified atom stereocenters. The lowest BCUT2D eigenvalue weighted by atomic mass is 9.96. The van der Waals surface area contributed by atoms with Crippen LogP contribution in [0.5, 0.6) is 0 Å². The fourth-order valence-electron chi connectivity index (χ4n) is 3.14. The number of thiazole rings is 1. The van der Waals surface area contributed by atoms with E-state index < -0.39 is 0 Å². The summed E-state index contributed by atoms with van der Waals surface area (Å²) < 4.78 is 0. The Bertz CT molecular complexity index is 689. The van der Waals surface area contributed by atoms with E-state index in [0.29, 0.717) is 5.92 Å². The van der Waals surface area contributed by atoms with E-state index >= 15 is 0 Å². The Balaban J connectivity index is 1.65. The topological polar surface area (TPSA) is 45.2 Å². The quantitative estimate of drug-likeness (QED) is 0.902. The van der Waals surface area contributed by atoms with Gasteiger partial charge in [0, 0.05) is 35.3 Å². The maximum absolute atomic E-state index is 12.8. The molecule has 24 heavy (non-hydrogen) atoms. The van der Waals surface area contributed by atoms with Crippen molar-refractivity contribution in [3.63, 3.8) is 0 Å². The highest BCUT2D eigenvalue weighted by atomic mass is 32.1. The molecular formula is C19H25N3OS. The summed E-state index contributed by atoms with van der Waals surface area (Å²) in [6.45, 7) is 7.92. The van der Waals surface area contributed by atoms with Crippen LogP contribution in [-0.2, 0) is 0 Å². The molecule has 0 radical (unpaired) electrons. The number of nitrogens with zero attached hydrogens (tertiary/aromatic N) is 2. The molecule has 1 amide bonds. The van der Waals surface area contributed by atoms with Gasteiger partial charge in [-0.25, -0.2) is 4.98 Å². The predicted octanol–water partition coefficient (Wildman–Crippen LogP) is 3.58. The molecule has 1 aromatic carbocycles. The van der Waals surface area contributed by atoms with Crippen LogP contribution in [0, 0.1) is 12.8 Å². The Morgan fingerprint density at radius 2 is 2.17 bits per heavy atom. The van der Waals surface area contributed by atoms with Crippen LogP contribution in [0.4, 0.5) is 0 Å². The number of aromatic nitrogens is 1. The number of benzene rings is 1. The average molecular weight is 343 g/mol. The lowest BCUT2D eigenvalue weighted by molar-refractivity contribution is 0.0690. The predicted molar refractivity (Wildman–Crippen MR) is 99.5 cm³/mol. The summed E-state index contributed by atoms with van der Waals surface area (Å²) in [5.41, 5.74) is 2.82. The smallest absolute Gasteiger partial charge is 0.253 e. The number of hydrogen-bond donors (Lipinski definition) is 1.